The average Bonchev–Trinajstić information content (AvgIpc) is 1.95. The molecule has 0 aromatic carbocycles. The number of rotatable bonds is 1. The van der Waals surface area contributed by atoms with Gasteiger partial charge in [-0.05, 0) is 18.8 Å². The van der Waals surface area contributed by atoms with Crippen LogP contribution in [0.3, 0.4) is 0 Å². The molecule has 64 valence electrons. The minimum atomic E-state index is -0.189. The number of carbonyl (C=O) groups is 1. The van der Waals surface area contributed by atoms with E-state index < -0.39 is 0 Å². The fraction of sp³-hybridized carbons (Fsp3) is 0.889. The van der Waals surface area contributed by atoms with E-state index >= 15 is 0 Å². The second-order valence-electron chi connectivity index (χ2n) is 3.65. The lowest BCUT2D eigenvalue weighted by molar-refractivity contribution is -0.123. The molecule has 0 N–H and O–H groups in total. The maximum Gasteiger partial charge on any atom is 0.149 e. The third-order valence-corrected chi connectivity index (χ3v) is 4.33. The summed E-state index contributed by atoms with van der Waals surface area (Å²) in [6, 6.07) is 0. The zero-order valence-corrected chi connectivity index (χ0v) is 8.78. The zero-order chi connectivity index (χ0) is 8.48. The maximum atomic E-state index is 11.5. The smallest absolute Gasteiger partial charge is 0.149 e. The van der Waals surface area contributed by atoms with Crippen molar-refractivity contribution < 1.29 is 4.79 Å². The van der Waals surface area contributed by atoms with Gasteiger partial charge in [0.05, 0.1) is 4.32 Å². The summed E-state index contributed by atoms with van der Waals surface area (Å²) in [5.74, 6) is 0.828. The summed E-state index contributed by atoms with van der Waals surface area (Å²) in [6.45, 7) is 4.22. The first-order valence-corrected chi connectivity index (χ1v) is 5.09. The lowest BCUT2D eigenvalue weighted by Crippen LogP contribution is -2.39. The Hall–Kier alpha value is 0.150. The molecule has 0 amide bonds. The number of carbonyl (C=O) groups excluding carboxylic acids is 1. The van der Waals surface area contributed by atoms with Crippen LogP contribution >= 0.6 is 15.9 Å². The first kappa shape index (κ1) is 9.24. The van der Waals surface area contributed by atoms with Crippen LogP contribution in [0.2, 0.25) is 0 Å². The molecule has 1 rings (SSSR count). The van der Waals surface area contributed by atoms with Crippen molar-refractivity contribution in [3.63, 3.8) is 0 Å². The van der Waals surface area contributed by atoms with Crippen molar-refractivity contribution in [3.8, 4) is 0 Å². The van der Waals surface area contributed by atoms with Gasteiger partial charge in [0.15, 0.2) is 0 Å². The highest BCUT2D eigenvalue weighted by atomic mass is 79.9. The van der Waals surface area contributed by atoms with Gasteiger partial charge in [0.25, 0.3) is 0 Å². The average molecular weight is 219 g/mol. The van der Waals surface area contributed by atoms with E-state index in [0.29, 0.717) is 11.7 Å². The van der Waals surface area contributed by atoms with Crippen molar-refractivity contribution in [2.75, 3.05) is 0 Å². The third kappa shape index (κ3) is 1.66. The van der Waals surface area contributed by atoms with Crippen LogP contribution in [0.25, 0.3) is 0 Å². The minimum absolute atomic E-state index is 0.189. The van der Waals surface area contributed by atoms with Crippen LogP contribution in [0.1, 0.15) is 39.5 Å². The molecule has 1 aliphatic rings. The summed E-state index contributed by atoms with van der Waals surface area (Å²) in [5, 5.41) is 0. The van der Waals surface area contributed by atoms with Crippen LogP contribution < -0.4 is 0 Å². The molecule has 1 saturated carbocycles. The van der Waals surface area contributed by atoms with Crippen molar-refractivity contribution in [1.29, 1.82) is 0 Å². The van der Waals surface area contributed by atoms with Crippen molar-refractivity contribution in [2.24, 2.45) is 5.92 Å². The SMILES string of the molecule is CC(C)C1(Br)CCCCC1=O. The third-order valence-electron chi connectivity index (χ3n) is 2.57. The first-order valence-electron chi connectivity index (χ1n) is 4.29. The zero-order valence-electron chi connectivity index (χ0n) is 7.19. The molecule has 0 radical (unpaired) electrons. The number of hydrogen-bond acceptors (Lipinski definition) is 1. The second-order valence-corrected chi connectivity index (χ2v) is 5.06. The molecule has 1 fully saturated rings. The fourth-order valence-corrected chi connectivity index (χ4v) is 2.10. The Morgan fingerprint density at radius 1 is 1.45 bits per heavy atom. The highest BCUT2D eigenvalue weighted by Gasteiger charge is 2.39. The van der Waals surface area contributed by atoms with Gasteiger partial charge in [-0.15, -0.1) is 0 Å². The number of Topliss-reactive ketones (excluding diaryl/α,β-unsaturated/α-hetero) is 1. The molecule has 1 nitrogen and oxygen atoms in total. The van der Waals surface area contributed by atoms with E-state index in [4.69, 9.17) is 0 Å². The standard InChI is InChI=1S/C9H15BrO/c1-7(2)9(10)6-4-3-5-8(9)11/h7H,3-6H2,1-2H3. The van der Waals surface area contributed by atoms with Gasteiger partial charge in [-0.25, -0.2) is 0 Å². The highest BCUT2D eigenvalue weighted by molar-refractivity contribution is 9.10. The van der Waals surface area contributed by atoms with Gasteiger partial charge in [-0.3, -0.25) is 4.79 Å². The maximum absolute atomic E-state index is 11.5. The molecule has 0 saturated heterocycles. The van der Waals surface area contributed by atoms with Gasteiger partial charge >= 0.3 is 0 Å². The molecule has 0 spiro atoms. The highest BCUT2D eigenvalue weighted by Crippen LogP contribution is 2.38. The quantitative estimate of drug-likeness (QED) is 0.619. The van der Waals surface area contributed by atoms with Crippen LogP contribution in [-0.4, -0.2) is 10.1 Å². The van der Waals surface area contributed by atoms with Crippen molar-refractivity contribution in [2.45, 2.75) is 43.9 Å². The summed E-state index contributed by atoms with van der Waals surface area (Å²) in [5.41, 5.74) is 0. The molecule has 0 aliphatic heterocycles. The predicted octanol–water partition coefficient (Wildman–Crippen LogP) is 2.92. The Labute approximate surface area is 76.7 Å². The second kappa shape index (κ2) is 3.26. The fourth-order valence-electron chi connectivity index (χ4n) is 1.63. The van der Waals surface area contributed by atoms with E-state index in [1.165, 1.54) is 6.42 Å². The summed E-state index contributed by atoms with van der Waals surface area (Å²) in [4.78, 5) is 11.5. The van der Waals surface area contributed by atoms with E-state index in [0.717, 1.165) is 19.3 Å². The van der Waals surface area contributed by atoms with Crippen molar-refractivity contribution >= 4 is 21.7 Å². The van der Waals surface area contributed by atoms with Gasteiger partial charge in [0.2, 0.25) is 0 Å². The number of halogens is 1. The number of alkyl halides is 1. The Kier molecular flexibility index (Phi) is 2.74. The van der Waals surface area contributed by atoms with E-state index in [1.54, 1.807) is 0 Å². The lowest BCUT2D eigenvalue weighted by atomic mass is 9.80. The molecule has 1 aliphatic carbocycles. The number of ketones is 1. The Bertz CT molecular complexity index is 165. The molecule has 1 atom stereocenters. The van der Waals surface area contributed by atoms with Gasteiger partial charge in [0, 0.05) is 6.42 Å². The molecular formula is C9H15BrO. The number of hydrogen-bond donors (Lipinski definition) is 0. The topological polar surface area (TPSA) is 17.1 Å². The van der Waals surface area contributed by atoms with Crippen LogP contribution in [0.4, 0.5) is 0 Å². The molecule has 0 bridgehead atoms. The van der Waals surface area contributed by atoms with Crippen LogP contribution in [0.5, 0.6) is 0 Å². The molecule has 0 heterocycles. The summed E-state index contributed by atoms with van der Waals surface area (Å²) < 4.78 is -0.189. The summed E-state index contributed by atoms with van der Waals surface area (Å²) in [6.07, 6.45) is 4.06. The first-order chi connectivity index (χ1) is 5.07. The van der Waals surface area contributed by atoms with E-state index in [9.17, 15) is 4.79 Å². The lowest BCUT2D eigenvalue weighted by Gasteiger charge is -2.33. The van der Waals surface area contributed by atoms with Crippen LogP contribution in [0.15, 0.2) is 0 Å². The Balaban J connectivity index is 2.73. The van der Waals surface area contributed by atoms with Gasteiger partial charge in [-0.2, -0.15) is 0 Å². The molecular weight excluding hydrogens is 204 g/mol. The Morgan fingerprint density at radius 2 is 2.09 bits per heavy atom. The normalized spacial score (nSPS) is 32.9. The van der Waals surface area contributed by atoms with Crippen LogP contribution in [0, 0.1) is 5.92 Å². The molecule has 0 aromatic heterocycles. The minimum Gasteiger partial charge on any atom is -0.298 e. The van der Waals surface area contributed by atoms with Gasteiger partial charge in [-0.1, -0.05) is 36.2 Å². The van der Waals surface area contributed by atoms with E-state index in [1.807, 2.05) is 0 Å². The molecule has 2 heteroatoms. The largest absolute Gasteiger partial charge is 0.298 e. The summed E-state index contributed by atoms with van der Waals surface area (Å²) >= 11 is 3.58. The summed E-state index contributed by atoms with van der Waals surface area (Å²) in [7, 11) is 0. The van der Waals surface area contributed by atoms with Gasteiger partial charge < -0.3 is 0 Å². The predicted molar refractivity (Wildman–Crippen MR) is 50.0 cm³/mol. The van der Waals surface area contributed by atoms with E-state index in [-0.39, 0.29) is 4.32 Å². The van der Waals surface area contributed by atoms with Crippen molar-refractivity contribution in [3.05, 3.63) is 0 Å². The monoisotopic (exact) mass is 218 g/mol. The van der Waals surface area contributed by atoms with Crippen molar-refractivity contribution in [1.82, 2.24) is 0 Å². The molecule has 0 aromatic rings. The Morgan fingerprint density at radius 3 is 2.45 bits per heavy atom. The van der Waals surface area contributed by atoms with Gasteiger partial charge in [0.1, 0.15) is 5.78 Å². The van der Waals surface area contributed by atoms with Crippen LogP contribution in [-0.2, 0) is 4.79 Å². The van der Waals surface area contributed by atoms with E-state index in [2.05, 4.69) is 29.8 Å². The molecule has 1 unspecified atom stereocenters. The molecule has 11 heavy (non-hydrogen) atoms.